The number of hydrogen-bond donors (Lipinski definition) is 0. The van der Waals surface area contributed by atoms with Gasteiger partial charge in [-0.15, -0.1) is 5.10 Å². The van der Waals surface area contributed by atoms with Crippen LogP contribution in [0.15, 0.2) is 54.6 Å². The number of nitrogens with zero attached hydrogens (tertiary/aromatic N) is 5. The largest absolute Gasteiger partial charge is 0.341 e. The fourth-order valence-corrected chi connectivity index (χ4v) is 3.99. The van der Waals surface area contributed by atoms with E-state index in [1.54, 1.807) is 0 Å². The summed E-state index contributed by atoms with van der Waals surface area (Å²) in [4.78, 5) is 4.59. The van der Waals surface area contributed by atoms with E-state index in [0.717, 1.165) is 36.0 Å². The Balaban J connectivity index is 1.65. The Bertz CT molecular complexity index is 968. The van der Waals surface area contributed by atoms with E-state index in [1.165, 1.54) is 24.0 Å². The Labute approximate surface area is 171 Å². The highest BCUT2D eigenvalue weighted by Crippen LogP contribution is 2.24. The molecule has 2 aromatic carbocycles. The van der Waals surface area contributed by atoms with Gasteiger partial charge in [0.2, 0.25) is 10.7 Å². The highest BCUT2D eigenvalue weighted by Gasteiger charge is 2.22. The number of hydrogen-bond acceptors (Lipinski definition) is 4. The van der Waals surface area contributed by atoms with Crippen molar-refractivity contribution in [2.75, 3.05) is 25.0 Å². The molecular formula is C22H27N5S. The van der Waals surface area contributed by atoms with Crippen LogP contribution in [-0.2, 0) is 13.2 Å². The van der Waals surface area contributed by atoms with Crippen LogP contribution in [-0.4, -0.2) is 39.4 Å². The zero-order valence-corrected chi connectivity index (χ0v) is 17.4. The highest BCUT2D eigenvalue weighted by atomic mass is 32.1. The van der Waals surface area contributed by atoms with E-state index in [1.807, 2.05) is 10.7 Å². The van der Waals surface area contributed by atoms with Crippen molar-refractivity contribution in [2.24, 2.45) is 0 Å². The number of aryl methyl sites for hydroxylation is 1. The first-order chi connectivity index (χ1) is 13.6. The van der Waals surface area contributed by atoms with Crippen LogP contribution in [0.1, 0.15) is 24.0 Å². The standard InChI is InChI=1S/C22H27N5S/c1-18-10-12-20(13-11-18)27-21(25-14-6-7-15-25)23-26(22(27)28)17-24(2)16-19-8-4-3-5-9-19/h3-5,8-13H,6-7,14-17H2,1-2H3. The van der Waals surface area contributed by atoms with E-state index in [9.17, 15) is 0 Å². The number of benzene rings is 2. The second kappa shape index (κ2) is 8.29. The minimum Gasteiger partial charge on any atom is -0.341 e. The fraction of sp³-hybridized carbons (Fsp3) is 0.364. The van der Waals surface area contributed by atoms with E-state index in [0.29, 0.717) is 6.67 Å². The van der Waals surface area contributed by atoms with Crippen LogP contribution in [0.25, 0.3) is 5.69 Å². The van der Waals surface area contributed by atoms with Crippen molar-refractivity contribution >= 4 is 18.2 Å². The second-order valence-corrected chi connectivity index (χ2v) is 7.95. The SMILES string of the molecule is Cc1ccc(-n2c(N3CCCC3)nn(CN(C)Cc3ccccc3)c2=S)cc1. The lowest BCUT2D eigenvalue weighted by Gasteiger charge is -2.17. The summed E-state index contributed by atoms with van der Waals surface area (Å²) in [5.74, 6) is 0.958. The molecule has 3 aromatic rings. The maximum Gasteiger partial charge on any atom is 0.230 e. The first-order valence-corrected chi connectivity index (χ1v) is 10.3. The summed E-state index contributed by atoms with van der Waals surface area (Å²) in [5.41, 5.74) is 3.61. The molecule has 6 heteroatoms. The molecule has 0 saturated carbocycles. The van der Waals surface area contributed by atoms with Gasteiger partial charge < -0.3 is 4.90 Å². The van der Waals surface area contributed by atoms with Gasteiger partial charge in [0.15, 0.2) is 0 Å². The zero-order valence-electron chi connectivity index (χ0n) is 16.6. The van der Waals surface area contributed by atoms with Gasteiger partial charge in [-0.05, 0) is 56.7 Å². The predicted molar refractivity (Wildman–Crippen MR) is 116 cm³/mol. The van der Waals surface area contributed by atoms with Gasteiger partial charge in [-0.25, -0.2) is 4.68 Å². The molecule has 0 unspecified atom stereocenters. The molecule has 0 spiro atoms. The molecule has 1 aromatic heterocycles. The molecule has 146 valence electrons. The Hall–Kier alpha value is -2.44. The topological polar surface area (TPSA) is 29.2 Å². The van der Waals surface area contributed by atoms with Crippen molar-refractivity contribution < 1.29 is 0 Å². The third kappa shape index (κ3) is 4.03. The third-order valence-electron chi connectivity index (χ3n) is 5.17. The number of rotatable bonds is 6. The molecule has 1 fully saturated rings. The quantitative estimate of drug-likeness (QED) is 0.581. The normalized spacial score (nSPS) is 14.2. The molecule has 0 radical (unpaired) electrons. The van der Waals surface area contributed by atoms with Crippen LogP contribution < -0.4 is 4.90 Å². The van der Waals surface area contributed by atoms with Crippen molar-refractivity contribution in [1.29, 1.82) is 0 Å². The van der Waals surface area contributed by atoms with E-state index < -0.39 is 0 Å². The Kier molecular flexibility index (Phi) is 5.59. The molecule has 0 atom stereocenters. The molecule has 2 heterocycles. The first kappa shape index (κ1) is 18.9. The first-order valence-electron chi connectivity index (χ1n) is 9.86. The van der Waals surface area contributed by atoms with Crippen LogP contribution in [0, 0.1) is 11.7 Å². The van der Waals surface area contributed by atoms with Crippen molar-refractivity contribution in [3.05, 3.63) is 70.5 Å². The van der Waals surface area contributed by atoms with E-state index in [2.05, 4.69) is 76.9 Å². The molecule has 28 heavy (non-hydrogen) atoms. The summed E-state index contributed by atoms with van der Waals surface area (Å²) in [7, 11) is 2.11. The summed E-state index contributed by atoms with van der Waals surface area (Å²) in [6, 6.07) is 19.0. The van der Waals surface area contributed by atoms with Gasteiger partial charge in [0.05, 0.1) is 12.4 Å². The second-order valence-electron chi connectivity index (χ2n) is 7.59. The smallest absolute Gasteiger partial charge is 0.230 e. The Morgan fingerprint density at radius 3 is 2.36 bits per heavy atom. The number of aromatic nitrogens is 3. The minimum atomic E-state index is 0.660. The molecule has 1 saturated heterocycles. The van der Waals surface area contributed by atoms with E-state index >= 15 is 0 Å². The maximum atomic E-state index is 5.86. The van der Waals surface area contributed by atoms with Crippen molar-refractivity contribution in [3.8, 4) is 5.69 Å². The van der Waals surface area contributed by atoms with Gasteiger partial charge >= 0.3 is 0 Å². The molecular weight excluding hydrogens is 366 g/mol. The molecule has 1 aliphatic rings. The van der Waals surface area contributed by atoms with Gasteiger partial charge in [0, 0.05) is 19.6 Å². The van der Waals surface area contributed by atoms with Crippen LogP contribution in [0.4, 0.5) is 5.95 Å². The monoisotopic (exact) mass is 393 g/mol. The van der Waals surface area contributed by atoms with Gasteiger partial charge in [-0.2, -0.15) is 0 Å². The van der Waals surface area contributed by atoms with Crippen LogP contribution >= 0.6 is 12.2 Å². The summed E-state index contributed by atoms with van der Waals surface area (Å²) in [6.07, 6.45) is 2.42. The molecule has 0 amide bonds. The highest BCUT2D eigenvalue weighted by molar-refractivity contribution is 7.71. The Morgan fingerprint density at radius 2 is 1.68 bits per heavy atom. The lowest BCUT2D eigenvalue weighted by Crippen LogP contribution is -2.23. The molecule has 1 aliphatic heterocycles. The molecule has 0 N–H and O–H groups in total. The van der Waals surface area contributed by atoms with Gasteiger partial charge in [-0.1, -0.05) is 48.0 Å². The predicted octanol–water partition coefficient (Wildman–Crippen LogP) is 4.40. The van der Waals surface area contributed by atoms with Crippen molar-refractivity contribution in [3.63, 3.8) is 0 Å². The minimum absolute atomic E-state index is 0.660. The molecule has 5 nitrogen and oxygen atoms in total. The van der Waals surface area contributed by atoms with Crippen LogP contribution in [0.5, 0.6) is 0 Å². The summed E-state index contributed by atoms with van der Waals surface area (Å²) in [6.45, 7) is 5.70. The molecule has 0 bridgehead atoms. The van der Waals surface area contributed by atoms with Crippen molar-refractivity contribution in [1.82, 2.24) is 19.2 Å². The maximum absolute atomic E-state index is 5.86. The zero-order chi connectivity index (χ0) is 19.5. The Morgan fingerprint density at radius 1 is 1.00 bits per heavy atom. The fourth-order valence-electron chi connectivity index (χ4n) is 3.70. The number of anilines is 1. The lowest BCUT2D eigenvalue weighted by atomic mass is 10.2. The molecule has 4 rings (SSSR count). The van der Waals surface area contributed by atoms with Crippen LogP contribution in [0.3, 0.4) is 0 Å². The average Bonchev–Trinajstić information content (AvgIpc) is 3.32. The van der Waals surface area contributed by atoms with E-state index in [4.69, 9.17) is 17.3 Å². The summed E-state index contributed by atoms with van der Waals surface area (Å²) in [5, 5.41) is 4.93. The van der Waals surface area contributed by atoms with Crippen LogP contribution in [0.2, 0.25) is 0 Å². The van der Waals surface area contributed by atoms with Crippen molar-refractivity contribution in [2.45, 2.75) is 33.0 Å². The lowest BCUT2D eigenvalue weighted by molar-refractivity contribution is 0.244. The summed E-state index contributed by atoms with van der Waals surface area (Å²) >= 11 is 5.86. The summed E-state index contributed by atoms with van der Waals surface area (Å²) < 4.78 is 4.81. The molecule has 0 aliphatic carbocycles. The average molecular weight is 394 g/mol. The van der Waals surface area contributed by atoms with Gasteiger partial charge in [-0.3, -0.25) is 9.47 Å². The van der Waals surface area contributed by atoms with E-state index in [-0.39, 0.29) is 0 Å². The van der Waals surface area contributed by atoms with Gasteiger partial charge in [0.1, 0.15) is 0 Å². The van der Waals surface area contributed by atoms with Gasteiger partial charge in [0.25, 0.3) is 0 Å². The third-order valence-corrected chi connectivity index (χ3v) is 5.57.